The molecular weight excluding hydrogens is 487 g/mol. The number of aryl methyl sites for hydroxylation is 1. The number of methoxy groups -OCH3 is 1. The molecule has 1 saturated carbocycles. The largest absolute Gasteiger partial charge is 0.573 e. The average Bonchev–Trinajstić information content (AvgIpc) is 3.12. The predicted octanol–water partition coefficient (Wildman–Crippen LogP) is 7.09. The van der Waals surface area contributed by atoms with Gasteiger partial charge in [0.2, 0.25) is 5.95 Å². The van der Waals surface area contributed by atoms with E-state index in [-0.39, 0.29) is 23.6 Å². The minimum Gasteiger partial charge on any atom is -0.496 e. The topological polar surface area (TPSA) is 85.6 Å². The number of halogens is 3. The number of carboxylic acids is 1. The number of carboxylic acid groups (broad SMARTS) is 1. The maximum atomic E-state index is 12.6. The molecule has 0 radical (unpaired) electrons. The van der Waals surface area contributed by atoms with Gasteiger partial charge in [0.1, 0.15) is 11.5 Å². The fraction of sp³-hybridized carbons (Fsp3) is 0.481. The van der Waals surface area contributed by atoms with Gasteiger partial charge in [-0.05, 0) is 72.9 Å². The van der Waals surface area contributed by atoms with Crippen molar-refractivity contribution in [1.82, 2.24) is 9.55 Å². The number of benzene rings is 2. The maximum Gasteiger partial charge on any atom is 0.573 e. The summed E-state index contributed by atoms with van der Waals surface area (Å²) in [5, 5.41) is 12.4. The number of nitrogens with zero attached hydrogens (tertiary/aromatic N) is 2. The van der Waals surface area contributed by atoms with E-state index >= 15 is 0 Å². The molecule has 1 heterocycles. The van der Waals surface area contributed by atoms with Crippen LogP contribution >= 0.6 is 0 Å². The number of hydrogen-bond donors (Lipinski definition) is 2. The third-order valence-electron chi connectivity index (χ3n) is 6.77. The summed E-state index contributed by atoms with van der Waals surface area (Å²) in [7, 11) is 1.56. The molecule has 0 aliphatic heterocycles. The lowest BCUT2D eigenvalue weighted by molar-refractivity contribution is -0.274. The predicted molar refractivity (Wildman–Crippen MR) is 134 cm³/mol. The average molecular weight is 520 g/mol. The monoisotopic (exact) mass is 519 g/mol. The smallest absolute Gasteiger partial charge is 0.496 e. The molecular formula is C27H32F3N3O4. The summed E-state index contributed by atoms with van der Waals surface area (Å²) in [6, 6.07) is 9.42. The van der Waals surface area contributed by atoms with Gasteiger partial charge < -0.3 is 24.5 Å². The van der Waals surface area contributed by atoms with Gasteiger partial charge in [-0.2, -0.15) is 0 Å². The number of rotatable bonds is 8. The lowest BCUT2D eigenvalue weighted by Gasteiger charge is -2.40. The van der Waals surface area contributed by atoms with Crippen LogP contribution in [0.15, 0.2) is 36.4 Å². The van der Waals surface area contributed by atoms with Crippen LogP contribution in [0.3, 0.4) is 0 Å². The Hall–Kier alpha value is -3.43. The first-order chi connectivity index (χ1) is 17.3. The Bertz CT molecular complexity index is 1270. The van der Waals surface area contributed by atoms with E-state index in [0.717, 1.165) is 30.3 Å². The Labute approximate surface area is 213 Å². The van der Waals surface area contributed by atoms with Gasteiger partial charge in [0.05, 0.1) is 18.1 Å². The van der Waals surface area contributed by atoms with Crippen molar-refractivity contribution in [3.63, 3.8) is 0 Å². The number of aromatic nitrogens is 2. The number of anilines is 2. The molecule has 10 heteroatoms. The highest BCUT2D eigenvalue weighted by Crippen LogP contribution is 2.46. The molecule has 0 bridgehead atoms. The van der Waals surface area contributed by atoms with Crippen molar-refractivity contribution < 1.29 is 32.5 Å². The molecule has 1 fully saturated rings. The lowest BCUT2D eigenvalue weighted by atomic mass is 9.70. The van der Waals surface area contributed by atoms with E-state index in [1.54, 1.807) is 7.11 Å². The van der Waals surface area contributed by atoms with Crippen LogP contribution < -0.4 is 14.8 Å². The number of aliphatic carboxylic acids is 1. The Morgan fingerprint density at radius 2 is 1.92 bits per heavy atom. The molecule has 2 aromatic carbocycles. The molecule has 37 heavy (non-hydrogen) atoms. The number of fused-ring (bicyclic) bond motifs is 1. The zero-order chi connectivity index (χ0) is 27.0. The van der Waals surface area contributed by atoms with Gasteiger partial charge in [-0.25, -0.2) is 4.98 Å². The third-order valence-corrected chi connectivity index (χ3v) is 6.77. The fourth-order valence-electron chi connectivity index (χ4n) is 5.61. The number of hydrogen-bond acceptors (Lipinski definition) is 5. The van der Waals surface area contributed by atoms with Crippen molar-refractivity contribution in [1.29, 1.82) is 0 Å². The van der Waals surface area contributed by atoms with Gasteiger partial charge in [0, 0.05) is 24.2 Å². The number of carbonyl (C=O) groups is 1. The summed E-state index contributed by atoms with van der Waals surface area (Å²) < 4.78 is 49.4. The van der Waals surface area contributed by atoms with E-state index in [2.05, 4.69) is 35.4 Å². The normalized spacial score (nSPS) is 19.5. The van der Waals surface area contributed by atoms with E-state index in [0.29, 0.717) is 35.2 Å². The van der Waals surface area contributed by atoms with E-state index in [1.165, 1.54) is 24.3 Å². The molecule has 2 N–H and O–H groups in total. The van der Waals surface area contributed by atoms with Crippen LogP contribution in [0, 0.1) is 11.3 Å². The van der Waals surface area contributed by atoms with E-state index < -0.39 is 12.3 Å². The summed E-state index contributed by atoms with van der Waals surface area (Å²) in [4.78, 5) is 16.0. The fourth-order valence-corrected chi connectivity index (χ4v) is 5.61. The standard InChI is InChI=1S/C27H32F3N3O4/c1-16-11-19(15-26(2,3)14-16)33-22-13-23(36-4)17(5-10-24(34)35)12-21(22)32-25(33)31-18-6-8-20(9-7-18)37-27(28,29)30/h6-9,12-13,16,19H,5,10-11,14-15H2,1-4H3,(H,31,32)(H,34,35)/t16-,19+/m1/s1. The number of alkyl halides is 3. The Morgan fingerprint density at radius 1 is 1.22 bits per heavy atom. The van der Waals surface area contributed by atoms with E-state index in [1.807, 2.05) is 12.1 Å². The second kappa shape index (κ2) is 10.1. The van der Waals surface area contributed by atoms with Crippen molar-refractivity contribution in [3.05, 3.63) is 42.0 Å². The van der Waals surface area contributed by atoms with E-state index in [9.17, 15) is 18.0 Å². The van der Waals surface area contributed by atoms with Crippen LogP contribution in [0.25, 0.3) is 11.0 Å². The van der Waals surface area contributed by atoms with Gasteiger partial charge in [-0.3, -0.25) is 4.79 Å². The van der Waals surface area contributed by atoms with Crippen molar-refractivity contribution in [2.75, 3.05) is 12.4 Å². The molecule has 2 atom stereocenters. The summed E-state index contributed by atoms with van der Waals surface area (Å²) in [5.74, 6) is 0.452. The van der Waals surface area contributed by atoms with Crippen molar-refractivity contribution in [2.24, 2.45) is 11.3 Å². The molecule has 7 nitrogen and oxygen atoms in total. The highest BCUT2D eigenvalue weighted by Gasteiger charge is 2.35. The first kappa shape index (κ1) is 26.6. The van der Waals surface area contributed by atoms with Crippen LogP contribution in [-0.2, 0) is 11.2 Å². The summed E-state index contributed by atoms with van der Waals surface area (Å²) in [6.45, 7) is 6.75. The zero-order valence-corrected chi connectivity index (χ0v) is 21.4. The molecule has 3 aromatic rings. The third kappa shape index (κ3) is 6.47. The second-order valence-electron chi connectivity index (χ2n) is 10.6. The van der Waals surface area contributed by atoms with Crippen LogP contribution in [-0.4, -0.2) is 34.1 Å². The minimum absolute atomic E-state index is 0.0334. The molecule has 4 rings (SSSR count). The first-order valence-corrected chi connectivity index (χ1v) is 12.3. The van der Waals surface area contributed by atoms with Gasteiger partial charge in [-0.1, -0.05) is 20.8 Å². The number of imidazole rings is 1. The van der Waals surface area contributed by atoms with Crippen molar-refractivity contribution in [3.8, 4) is 11.5 Å². The van der Waals surface area contributed by atoms with Crippen LogP contribution in [0.2, 0.25) is 0 Å². The Morgan fingerprint density at radius 3 is 2.51 bits per heavy atom. The highest BCUT2D eigenvalue weighted by molar-refractivity contribution is 5.83. The zero-order valence-electron chi connectivity index (χ0n) is 21.4. The maximum absolute atomic E-state index is 12.6. The summed E-state index contributed by atoms with van der Waals surface area (Å²) >= 11 is 0. The Balaban J connectivity index is 1.77. The van der Waals surface area contributed by atoms with Gasteiger partial charge in [-0.15, -0.1) is 13.2 Å². The quantitative estimate of drug-likeness (QED) is 0.330. The Kier molecular flexibility index (Phi) is 7.30. The summed E-state index contributed by atoms with van der Waals surface area (Å²) in [6.07, 6.45) is -1.50. The molecule has 1 aliphatic carbocycles. The van der Waals surface area contributed by atoms with Gasteiger partial charge >= 0.3 is 12.3 Å². The molecule has 0 saturated heterocycles. The highest BCUT2D eigenvalue weighted by atomic mass is 19.4. The van der Waals surface area contributed by atoms with Crippen molar-refractivity contribution in [2.45, 2.75) is 65.3 Å². The van der Waals surface area contributed by atoms with Gasteiger partial charge in [0.15, 0.2) is 0 Å². The van der Waals surface area contributed by atoms with Crippen LogP contribution in [0.5, 0.6) is 11.5 Å². The second-order valence-corrected chi connectivity index (χ2v) is 10.6. The van der Waals surface area contributed by atoms with Gasteiger partial charge in [0.25, 0.3) is 0 Å². The molecule has 0 amide bonds. The summed E-state index contributed by atoms with van der Waals surface area (Å²) in [5.41, 5.74) is 2.98. The molecule has 1 aromatic heterocycles. The van der Waals surface area contributed by atoms with E-state index in [4.69, 9.17) is 14.8 Å². The molecule has 1 aliphatic rings. The molecule has 0 spiro atoms. The van der Waals surface area contributed by atoms with Crippen molar-refractivity contribution >= 4 is 28.6 Å². The van der Waals surface area contributed by atoms with Crippen LogP contribution in [0.4, 0.5) is 24.8 Å². The lowest BCUT2D eigenvalue weighted by Crippen LogP contribution is -2.29. The SMILES string of the molecule is COc1cc2c(cc1CCC(=O)O)nc(Nc1ccc(OC(F)(F)F)cc1)n2[C@H]1C[C@@H](C)CC(C)(C)C1. The molecule has 0 unspecified atom stereocenters. The minimum atomic E-state index is -4.76. The number of nitrogens with one attached hydrogen (secondary N) is 1. The number of ether oxygens (including phenoxy) is 2. The first-order valence-electron chi connectivity index (χ1n) is 12.3. The van der Waals surface area contributed by atoms with Crippen LogP contribution in [0.1, 0.15) is 58.1 Å². The molecule has 200 valence electrons.